The van der Waals surface area contributed by atoms with Crippen molar-refractivity contribution >= 4 is 40.7 Å². The highest BCUT2D eigenvalue weighted by Gasteiger charge is 2.23. The van der Waals surface area contributed by atoms with Crippen molar-refractivity contribution in [2.45, 2.75) is 27.2 Å². The van der Waals surface area contributed by atoms with Gasteiger partial charge in [0.05, 0.1) is 0 Å². The molecule has 0 amide bonds. The number of hydrogen-bond acceptors (Lipinski definition) is 4. The Balaban J connectivity index is 2.16. The second-order valence-electron chi connectivity index (χ2n) is 5.71. The largest absolute Gasteiger partial charge is 0.363 e. The quantitative estimate of drug-likeness (QED) is 0.657. The Bertz CT molecular complexity index is 500. The van der Waals surface area contributed by atoms with Gasteiger partial charge in [0.15, 0.2) is 5.11 Å². The molecular formula is C14H22ClN5S. The van der Waals surface area contributed by atoms with Gasteiger partial charge < -0.3 is 15.5 Å². The molecule has 2 rings (SSSR count). The molecule has 1 aromatic heterocycles. The van der Waals surface area contributed by atoms with Crippen molar-refractivity contribution in [3.05, 3.63) is 11.2 Å². The van der Waals surface area contributed by atoms with E-state index in [9.17, 15) is 0 Å². The Morgan fingerprint density at radius 2 is 2.05 bits per heavy atom. The minimum atomic E-state index is 0.424. The molecule has 2 N–H and O–H groups in total. The number of nitrogens with zero attached hydrogens (tertiary/aromatic N) is 3. The summed E-state index contributed by atoms with van der Waals surface area (Å²) < 4.78 is 0. The standard InChI is InChI=1S/C14H22ClN5S/c1-4-16-14(21)19-13-17-11(15)6-12(18-13)20-7-9(2)5-10(3)8-20/h6,9-10H,4-5,7-8H2,1-3H3,(H2,16,17,18,19,21)/t9-,10-/m1/s1. The molecule has 1 fully saturated rings. The zero-order valence-electron chi connectivity index (χ0n) is 12.7. The third kappa shape index (κ3) is 4.68. The molecule has 0 unspecified atom stereocenters. The summed E-state index contributed by atoms with van der Waals surface area (Å²) >= 11 is 11.3. The van der Waals surface area contributed by atoms with Crippen LogP contribution in [0.3, 0.4) is 0 Å². The summed E-state index contributed by atoms with van der Waals surface area (Å²) in [7, 11) is 0. The lowest BCUT2D eigenvalue weighted by atomic mass is 9.92. The van der Waals surface area contributed by atoms with Gasteiger partial charge in [0.2, 0.25) is 5.95 Å². The van der Waals surface area contributed by atoms with Crippen molar-refractivity contribution in [2.75, 3.05) is 29.9 Å². The van der Waals surface area contributed by atoms with E-state index in [1.54, 1.807) is 0 Å². The van der Waals surface area contributed by atoms with Crippen molar-refractivity contribution in [1.29, 1.82) is 0 Å². The van der Waals surface area contributed by atoms with Crippen LogP contribution in [0.25, 0.3) is 0 Å². The van der Waals surface area contributed by atoms with E-state index >= 15 is 0 Å². The van der Waals surface area contributed by atoms with Gasteiger partial charge >= 0.3 is 0 Å². The van der Waals surface area contributed by atoms with E-state index in [4.69, 9.17) is 23.8 Å². The maximum Gasteiger partial charge on any atom is 0.232 e. The van der Waals surface area contributed by atoms with E-state index in [1.807, 2.05) is 13.0 Å². The molecule has 5 nitrogen and oxygen atoms in total. The summed E-state index contributed by atoms with van der Waals surface area (Å²) in [5.74, 6) is 2.60. The van der Waals surface area contributed by atoms with Gasteiger partial charge in [-0.2, -0.15) is 4.98 Å². The van der Waals surface area contributed by atoms with Gasteiger partial charge in [-0.05, 0) is 37.4 Å². The number of aromatic nitrogens is 2. The van der Waals surface area contributed by atoms with Gasteiger partial charge in [-0.15, -0.1) is 0 Å². The van der Waals surface area contributed by atoms with Crippen LogP contribution in [0.4, 0.5) is 11.8 Å². The first kappa shape index (κ1) is 16.2. The van der Waals surface area contributed by atoms with Crippen LogP contribution in [0, 0.1) is 11.8 Å². The fourth-order valence-electron chi connectivity index (χ4n) is 2.78. The number of piperidine rings is 1. The lowest BCUT2D eigenvalue weighted by Gasteiger charge is -2.35. The molecule has 21 heavy (non-hydrogen) atoms. The molecule has 0 spiro atoms. The van der Waals surface area contributed by atoms with Crippen LogP contribution in [0.2, 0.25) is 5.15 Å². The van der Waals surface area contributed by atoms with Crippen LogP contribution in [0.15, 0.2) is 6.07 Å². The molecule has 0 aliphatic carbocycles. The second kappa shape index (κ2) is 7.22. The first-order valence-corrected chi connectivity index (χ1v) is 8.11. The van der Waals surface area contributed by atoms with Crippen molar-refractivity contribution in [2.24, 2.45) is 11.8 Å². The number of halogens is 1. The minimum Gasteiger partial charge on any atom is -0.363 e. The molecule has 2 atom stereocenters. The third-order valence-corrected chi connectivity index (χ3v) is 3.88. The van der Waals surface area contributed by atoms with Crippen molar-refractivity contribution in [3.8, 4) is 0 Å². The summed E-state index contributed by atoms with van der Waals surface area (Å²) in [4.78, 5) is 11.0. The van der Waals surface area contributed by atoms with Crippen LogP contribution in [-0.2, 0) is 0 Å². The molecule has 2 heterocycles. The first-order chi connectivity index (χ1) is 9.97. The molecule has 1 aliphatic heterocycles. The van der Waals surface area contributed by atoms with E-state index in [2.05, 4.69) is 39.3 Å². The Labute approximate surface area is 136 Å². The van der Waals surface area contributed by atoms with E-state index < -0.39 is 0 Å². The molecule has 1 saturated heterocycles. The highest BCUT2D eigenvalue weighted by molar-refractivity contribution is 7.80. The van der Waals surface area contributed by atoms with E-state index in [-0.39, 0.29) is 0 Å². The number of anilines is 2. The smallest absolute Gasteiger partial charge is 0.232 e. The fraction of sp³-hybridized carbons (Fsp3) is 0.643. The van der Waals surface area contributed by atoms with Crippen LogP contribution >= 0.6 is 23.8 Å². The van der Waals surface area contributed by atoms with Crippen LogP contribution in [0.1, 0.15) is 27.2 Å². The monoisotopic (exact) mass is 327 g/mol. The van der Waals surface area contributed by atoms with Crippen molar-refractivity contribution < 1.29 is 0 Å². The van der Waals surface area contributed by atoms with Gasteiger partial charge in [-0.3, -0.25) is 0 Å². The molecule has 0 aromatic carbocycles. The number of hydrogen-bond donors (Lipinski definition) is 2. The van der Waals surface area contributed by atoms with Gasteiger partial charge in [0.1, 0.15) is 11.0 Å². The van der Waals surface area contributed by atoms with E-state index in [0.29, 0.717) is 28.0 Å². The number of nitrogens with one attached hydrogen (secondary N) is 2. The molecule has 116 valence electrons. The predicted octanol–water partition coefficient (Wildman–Crippen LogP) is 2.92. The summed E-state index contributed by atoms with van der Waals surface area (Å²) in [6, 6.07) is 1.81. The van der Waals surface area contributed by atoms with E-state index in [0.717, 1.165) is 25.5 Å². The highest BCUT2D eigenvalue weighted by Crippen LogP contribution is 2.26. The molecule has 7 heteroatoms. The number of thiocarbonyl (C=S) groups is 1. The Morgan fingerprint density at radius 1 is 1.38 bits per heavy atom. The predicted molar refractivity (Wildman–Crippen MR) is 92.1 cm³/mol. The van der Waals surface area contributed by atoms with Gasteiger partial charge in [-0.25, -0.2) is 4.98 Å². The lowest BCUT2D eigenvalue weighted by Crippen LogP contribution is -2.39. The van der Waals surface area contributed by atoms with Crippen LogP contribution < -0.4 is 15.5 Å². The van der Waals surface area contributed by atoms with Gasteiger partial charge in [0, 0.05) is 25.7 Å². The first-order valence-electron chi connectivity index (χ1n) is 7.32. The zero-order valence-corrected chi connectivity index (χ0v) is 14.3. The summed E-state index contributed by atoms with van der Waals surface area (Å²) in [6.45, 7) is 9.26. The van der Waals surface area contributed by atoms with Crippen molar-refractivity contribution in [1.82, 2.24) is 15.3 Å². The van der Waals surface area contributed by atoms with Gasteiger partial charge in [-0.1, -0.05) is 25.4 Å². The maximum absolute atomic E-state index is 6.12. The molecule has 0 radical (unpaired) electrons. The molecule has 1 aromatic rings. The minimum absolute atomic E-state index is 0.424. The average Bonchev–Trinajstić information content (AvgIpc) is 2.37. The summed E-state index contributed by atoms with van der Waals surface area (Å²) in [6.07, 6.45) is 1.25. The fourth-order valence-corrected chi connectivity index (χ4v) is 3.19. The molecular weight excluding hydrogens is 306 g/mol. The van der Waals surface area contributed by atoms with Crippen LogP contribution in [0.5, 0.6) is 0 Å². The topological polar surface area (TPSA) is 53.1 Å². The second-order valence-corrected chi connectivity index (χ2v) is 6.50. The van der Waals surface area contributed by atoms with E-state index in [1.165, 1.54) is 6.42 Å². The Kier molecular flexibility index (Phi) is 5.58. The maximum atomic E-state index is 6.12. The molecule has 1 aliphatic rings. The van der Waals surface area contributed by atoms with Crippen molar-refractivity contribution in [3.63, 3.8) is 0 Å². The average molecular weight is 328 g/mol. The number of rotatable bonds is 3. The highest BCUT2D eigenvalue weighted by atomic mass is 35.5. The molecule has 0 bridgehead atoms. The zero-order chi connectivity index (χ0) is 15.4. The summed E-state index contributed by atoms with van der Waals surface area (Å²) in [5, 5.41) is 6.91. The SMILES string of the molecule is CCNC(=S)Nc1nc(Cl)cc(N2C[C@H](C)C[C@@H](C)C2)n1. The summed E-state index contributed by atoms with van der Waals surface area (Å²) in [5.41, 5.74) is 0. The third-order valence-electron chi connectivity index (χ3n) is 3.44. The van der Waals surface area contributed by atoms with Gasteiger partial charge in [0.25, 0.3) is 0 Å². The Hall–Kier alpha value is -1.14. The normalized spacial score (nSPS) is 22.0. The van der Waals surface area contributed by atoms with Crippen LogP contribution in [-0.4, -0.2) is 34.7 Å². The molecule has 0 saturated carbocycles. The Morgan fingerprint density at radius 3 is 2.67 bits per heavy atom. The lowest BCUT2D eigenvalue weighted by molar-refractivity contribution is 0.355.